The van der Waals surface area contributed by atoms with Crippen molar-refractivity contribution in [3.63, 3.8) is 0 Å². The van der Waals surface area contributed by atoms with Gasteiger partial charge < -0.3 is 15.5 Å². The number of nitrogens with one attached hydrogen (secondary N) is 2. The van der Waals surface area contributed by atoms with Gasteiger partial charge in [-0.2, -0.15) is 0 Å². The van der Waals surface area contributed by atoms with Crippen molar-refractivity contribution in [3.8, 4) is 0 Å². The van der Waals surface area contributed by atoms with E-state index in [4.69, 9.17) is 11.6 Å². The lowest BCUT2D eigenvalue weighted by Gasteiger charge is -2.36. The van der Waals surface area contributed by atoms with E-state index in [2.05, 4.69) is 22.5 Å². The maximum absolute atomic E-state index is 13.0. The van der Waals surface area contributed by atoms with Gasteiger partial charge in [0.05, 0.1) is 5.38 Å². The van der Waals surface area contributed by atoms with Gasteiger partial charge in [-0.1, -0.05) is 13.0 Å². The number of carbonyl (C=O) groups excluding carboxylic acids is 1. The van der Waals surface area contributed by atoms with Crippen molar-refractivity contribution >= 4 is 28.9 Å². The molecule has 1 heterocycles. The molecule has 0 bridgehead atoms. The summed E-state index contributed by atoms with van der Waals surface area (Å²) in [7, 11) is 0. The van der Waals surface area contributed by atoms with Gasteiger partial charge in [0.1, 0.15) is 5.82 Å². The van der Waals surface area contributed by atoms with E-state index >= 15 is 0 Å². The van der Waals surface area contributed by atoms with Gasteiger partial charge in [0.25, 0.3) is 5.91 Å². The largest absolute Gasteiger partial charge is 0.381 e. The van der Waals surface area contributed by atoms with Crippen molar-refractivity contribution in [2.45, 2.75) is 31.2 Å². The number of carbonyl (C=O) groups is 1. The second-order valence-electron chi connectivity index (χ2n) is 6.90. The fourth-order valence-electron chi connectivity index (χ4n) is 3.35. The normalized spacial score (nSPS) is 20.3. The predicted octanol–water partition coefficient (Wildman–Crippen LogP) is 4.58. The highest BCUT2D eigenvalue weighted by Gasteiger charge is 2.27. The van der Waals surface area contributed by atoms with E-state index in [9.17, 15) is 9.18 Å². The lowest BCUT2D eigenvalue weighted by atomic mass is 10.0. The predicted molar refractivity (Wildman–Crippen MR) is 109 cm³/mol. The Morgan fingerprint density at radius 2 is 1.96 bits per heavy atom. The van der Waals surface area contributed by atoms with Crippen LogP contribution >= 0.6 is 11.6 Å². The van der Waals surface area contributed by atoms with E-state index in [-0.39, 0.29) is 23.1 Å². The molecular weight excluding hydrogens is 365 g/mol. The molecule has 0 radical (unpaired) electrons. The first-order valence-electron chi connectivity index (χ1n) is 9.35. The smallest absolute Gasteiger partial charge is 0.255 e. The summed E-state index contributed by atoms with van der Waals surface area (Å²) < 4.78 is 13.0. The molecule has 3 rings (SSSR count). The van der Waals surface area contributed by atoms with Gasteiger partial charge in [-0.05, 0) is 61.9 Å². The van der Waals surface area contributed by atoms with Crippen LogP contribution in [-0.4, -0.2) is 41.9 Å². The minimum Gasteiger partial charge on any atom is -0.381 e. The number of anilines is 2. The maximum atomic E-state index is 13.0. The molecule has 1 aliphatic heterocycles. The van der Waals surface area contributed by atoms with Crippen LogP contribution < -0.4 is 10.6 Å². The lowest BCUT2D eigenvalue weighted by molar-refractivity contribution is 0.102. The van der Waals surface area contributed by atoms with Crippen molar-refractivity contribution in [2.75, 3.05) is 30.3 Å². The standard InChI is InChI=1S/C21H25ClFN3O/c1-2-11-26-12-10-20(19(22)14-26)24-17-4-3-5-18(13-17)25-21(27)15-6-8-16(23)9-7-15/h3-9,13,19-20,24H,2,10-12,14H2,1H3,(H,25,27). The van der Waals surface area contributed by atoms with Crippen molar-refractivity contribution in [2.24, 2.45) is 0 Å². The summed E-state index contributed by atoms with van der Waals surface area (Å²) in [5.41, 5.74) is 2.02. The quantitative estimate of drug-likeness (QED) is 0.710. The number of halogens is 2. The van der Waals surface area contributed by atoms with Gasteiger partial charge in [-0.3, -0.25) is 4.79 Å². The fourth-order valence-corrected chi connectivity index (χ4v) is 3.74. The number of alkyl halides is 1. The summed E-state index contributed by atoms with van der Waals surface area (Å²) in [5.74, 6) is -0.631. The zero-order valence-electron chi connectivity index (χ0n) is 15.4. The Hall–Kier alpha value is -2.11. The minimum atomic E-state index is -0.363. The Balaban J connectivity index is 1.60. The van der Waals surface area contributed by atoms with Gasteiger partial charge in [-0.25, -0.2) is 4.39 Å². The molecule has 6 heteroatoms. The highest BCUT2D eigenvalue weighted by Crippen LogP contribution is 2.23. The number of hydrogen-bond acceptors (Lipinski definition) is 3. The Bertz CT molecular complexity index is 768. The average molecular weight is 390 g/mol. The number of rotatable bonds is 6. The molecule has 0 aromatic heterocycles. The van der Waals surface area contributed by atoms with Crippen LogP contribution in [0, 0.1) is 5.82 Å². The fraction of sp³-hybridized carbons (Fsp3) is 0.381. The number of hydrogen-bond donors (Lipinski definition) is 2. The van der Waals surface area contributed by atoms with Crippen LogP contribution in [0.5, 0.6) is 0 Å². The van der Waals surface area contributed by atoms with Crippen LogP contribution in [0.25, 0.3) is 0 Å². The summed E-state index contributed by atoms with van der Waals surface area (Å²) in [6.07, 6.45) is 2.12. The van der Waals surface area contributed by atoms with Crippen LogP contribution in [0.4, 0.5) is 15.8 Å². The number of likely N-dealkylation sites (tertiary alicyclic amines) is 1. The first-order valence-corrected chi connectivity index (χ1v) is 9.78. The third kappa shape index (κ3) is 5.44. The molecular formula is C21H25ClFN3O. The summed E-state index contributed by atoms with van der Waals surface area (Å²) >= 11 is 6.58. The number of benzene rings is 2. The van der Waals surface area contributed by atoms with Gasteiger partial charge in [-0.15, -0.1) is 11.6 Å². The molecule has 1 saturated heterocycles. The van der Waals surface area contributed by atoms with Crippen molar-refractivity contribution in [3.05, 3.63) is 59.9 Å². The molecule has 0 spiro atoms. The summed E-state index contributed by atoms with van der Waals surface area (Å²) in [4.78, 5) is 14.7. The lowest BCUT2D eigenvalue weighted by Crippen LogP contribution is -2.47. The summed E-state index contributed by atoms with van der Waals surface area (Å²) in [6, 6.07) is 13.3. The highest BCUT2D eigenvalue weighted by atomic mass is 35.5. The summed E-state index contributed by atoms with van der Waals surface area (Å²) in [6.45, 7) is 5.18. The van der Waals surface area contributed by atoms with Gasteiger partial charge in [0.15, 0.2) is 0 Å². The zero-order chi connectivity index (χ0) is 19.2. The molecule has 2 N–H and O–H groups in total. The maximum Gasteiger partial charge on any atom is 0.255 e. The molecule has 1 fully saturated rings. The van der Waals surface area contributed by atoms with E-state index in [0.29, 0.717) is 11.3 Å². The van der Waals surface area contributed by atoms with E-state index in [1.165, 1.54) is 24.3 Å². The van der Waals surface area contributed by atoms with E-state index in [1.54, 1.807) is 0 Å². The second-order valence-corrected chi connectivity index (χ2v) is 7.46. The zero-order valence-corrected chi connectivity index (χ0v) is 16.2. The van der Waals surface area contributed by atoms with E-state index in [1.807, 2.05) is 24.3 Å². The molecule has 27 heavy (non-hydrogen) atoms. The third-order valence-corrected chi connectivity index (χ3v) is 5.19. The Kier molecular flexibility index (Phi) is 6.69. The second kappa shape index (κ2) is 9.20. The number of piperidine rings is 1. The van der Waals surface area contributed by atoms with Crippen LogP contribution in [0.15, 0.2) is 48.5 Å². The minimum absolute atomic E-state index is 0.0442. The molecule has 0 saturated carbocycles. The SMILES string of the molecule is CCCN1CCC(Nc2cccc(NC(=O)c3ccc(F)cc3)c2)C(Cl)C1. The van der Waals surface area contributed by atoms with Gasteiger partial charge in [0, 0.05) is 36.1 Å². The van der Waals surface area contributed by atoms with Crippen LogP contribution in [0.2, 0.25) is 0 Å². The topological polar surface area (TPSA) is 44.4 Å². The Morgan fingerprint density at radius 1 is 1.22 bits per heavy atom. The number of nitrogens with zero attached hydrogens (tertiary/aromatic N) is 1. The first-order chi connectivity index (χ1) is 13.0. The third-order valence-electron chi connectivity index (χ3n) is 4.74. The first kappa shape index (κ1) is 19.6. The monoisotopic (exact) mass is 389 g/mol. The summed E-state index contributed by atoms with van der Waals surface area (Å²) in [5, 5.41) is 6.39. The van der Waals surface area contributed by atoms with Crippen LogP contribution in [0.1, 0.15) is 30.1 Å². The molecule has 1 aliphatic rings. The molecule has 4 nitrogen and oxygen atoms in total. The van der Waals surface area contributed by atoms with Gasteiger partial charge >= 0.3 is 0 Å². The Labute approximate surface area is 164 Å². The van der Waals surface area contributed by atoms with E-state index < -0.39 is 0 Å². The molecule has 2 aromatic rings. The average Bonchev–Trinajstić information content (AvgIpc) is 2.65. The molecule has 2 aromatic carbocycles. The molecule has 144 valence electrons. The van der Waals surface area contributed by atoms with Crippen molar-refractivity contribution in [1.29, 1.82) is 0 Å². The molecule has 0 aliphatic carbocycles. The molecule has 2 unspecified atom stereocenters. The van der Waals surface area contributed by atoms with Gasteiger partial charge in [0.2, 0.25) is 0 Å². The molecule has 1 amide bonds. The molecule has 2 atom stereocenters. The van der Waals surface area contributed by atoms with Crippen LogP contribution in [0.3, 0.4) is 0 Å². The number of amides is 1. The van der Waals surface area contributed by atoms with Crippen molar-refractivity contribution in [1.82, 2.24) is 4.90 Å². The van der Waals surface area contributed by atoms with E-state index in [0.717, 1.165) is 38.2 Å². The van der Waals surface area contributed by atoms with Crippen molar-refractivity contribution < 1.29 is 9.18 Å². The Morgan fingerprint density at radius 3 is 2.67 bits per heavy atom. The van der Waals surface area contributed by atoms with Crippen LogP contribution in [-0.2, 0) is 0 Å². The highest BCUT2D eigenvalue weighted by molar-refractivity contribution is 6.21.